The maximum Gasteiger partial charge on any atom is 0.408 e. The lowest BCUT2D eigenvalue weighted by atomic mass is 10.1. The topological polar surface area (TPSA) is 64.3 Å². The predicted octanol–water partition coefficient (Wildman–Crippen LogP) is 8.87. The summed E-state index contributed by atoms with van der Waals surface area (Å²) in [5.74, 6) is 0. The summed E-state index contributed by atoms with van der Waals surface area (Å²) in [6, 6.07) is 11.0. The highest BCUT2D eigenvalue weighted by atomic mass is 79.9. The van der Waals surface area contributed by atoms with Gasteiger partial charge >= 0.3 is 6.09 Å². The molecule has 0 bridgehead atoms. The van der Waals surface area contributed by atoms with Crippen LogP contribution in [0.4, 0.5) is 4.79 Å². The van der Waals surface area contributed by atoms with Crippen molar-refractivity contribution in [3.05, 3.63) is 66.5 Å². The molecule has 3 N–H and O–H groups in total. The summed E-state index contributed by atoms with van der Waals surface area (Å²) in [6.45, 7) is 9.24. The van der Waals surface area contributed by atoms with E-state index >= 15 is 0 Å². The molecule has 0 radical (unpaired) electrons. The zero-order chi connectivity index (χ0) is 22.4. The monoisotopic (exact) mass is 618 g/mol. The van der Waals surface area contributed by atoms with Crippen LogP contribution in [0, 0.1) is 0 Å². The Balaban J connectivity index is 0. The maximum absolute atomic E-state index is 11.6. The van der Waals surface area contributed by atoms with E-state index in [1.54, 1.807) is 6.07 Å². The smallest absolute Gasteiger partial charge is 0.408 e. The fourth-order valence-corrected chi connectivity index (χ4v) is 3.97. The average molecular weight is 622 g/mol. The Morgan fingerprint density at radius 1 is 1.00 bits per heavy atom. The van der Waals surface area contributed by atoms with Gasteiger partial charge in [-0.25, -0.2) is 4.79 Å². The van der Waals surface area contributed by atoms with Crippen molar-refractivity contribution in [2.24, 2.45) is 5.73 Å². The SMILES string of the molecule is C.C[C@@H](N)c1ccc(Br)cc1Cl.C[C@@H](NC(=O)OC(C)(C)C)c1ccc(Br)cc1Cl.Cl. The van der Waals surface area contributed by atoms with Crippen LogP contribution in [0.15, 0.2) is 45.3 Å². The summed E-state index contributed by atoms with van der Waals surface area (Å²) in [6.07, 6.45) is -0.450. The largest absolute Gasteiger partial charge is 0.444 e. The Kier molecular flexibility index (Phi) is 15.4. The van der Waals surface area contributed by atoms with Gasteiger partial charge < -0.3 is 15.8 Å². The van der Waals surface area contributed by atoms with Crippen LogP contribution in [0.25, 0.3) is 0 Å². The molecule has 0 fully saturated rings. The molecular formula is C22H31Br2Cl3N2O2. The molecule has 2 aromatic carbocycles. The number of carbonyl (C=O) groups excluding carboxylic acids is 1. The number of ether oxygens (including phenoxy) is 1. The van der Waals surface area contributed by atoms with Gasteiger partial charge in [-0.05, 0) is 70.0 Å². The molecule has 31 heavy (non-hydrogen) atoms. The summed E-state index contributed by atoms with van der Waals surface area (Å²) in [4.78, 5) is 11.6. The number of amides is 1. The minimum absolute atomic E-state index is 0. The average Bonchev–Trinajstić information content (AvgIpc) is 2.52. The number of carbonyl (C=O) groups is 1. The molecule has 0 saturated heterocycles. The Hall–Kier alpha value is -0.500. The van der Waals surface area contributed by atoms with Gasteiger partial charge in [-0.15, -0.1) is 12.4 Å². The molecule has 2 rings (SSSR count). The molecule has 0 spiro atoms. The Morgan fingerprint density at radius 2 is 1.42 bits per heavy atom. The van der Waals surface area contributed by atoms with Crippen molar-refractivity contribution >= 4 is 73.6 Å². The predicted molar refractivity (Wildman–Crippen MR) is 143 cm³/mol. The van der Waals surface area contributed by atoms with Crippen LogP contribution in [-0.2, 0) is 4.74 Å². The van der Waals surface area contributed by atoms with Crippen LogP contribution in [0.5, 0.6) is 0 Å². The number of hydrogen-bond donors (Lipinski definition) is 2. The van der Waals surface area contributed by atoms with Crippen LogP contribution in [0.3, 0.4) is 0 Å². The molecule has 0 aliphatic carbocycles. The number of benzene rings is 2. The summed E-state index contributed by atoms with van der Waals surface area (Å²) >= 11 is 18.7. The molecule has 2 aromatic rings. The second-order valence-corrected chi connectivity index (χ2v) is 10.1. The van der Waals surface area contributed by atoms with E-state index in [-0.39, 0.29) is 31.9 Å². The third-order valence-electron chi connectivity index (χ3n) is 3.62. The number of halogens is 5. The van der Waals surface area contributed by atoms with Gasteiger partial charge in [-0.2, -0.15) is 0 Å². The third-order valence-corrected chi connectivity index (χ3v) is 5.26. The highest BCUT2D eigenvalue weighted by Gasteiger charge is 2.19. The summed E-state index contributed by atoms with van der Waals surface area (Å²) < 4.78 is 7.07. The van der Waals surface area contributed by atoms with Crippen LogP contribution in [0.2, 0.25) is 10.0 Å². The first-order chi connectivity index (χ1) is 13.3. The van der Waals surface area contributed by atoms with Gasteiger partial charge in [0.25, 0.3) is 0 Å². The minimum atomic E-state index is -0.507. The molecule has 1 amide bonds. The number of alkyl carbamates (subject to hydrolysis) is 1. The van der Waals surface area contributed by atoms with Gasteiger partial charge in [0.05, 0.1) is 6.04 Å². The number of rotatable bonds is 3. The fraction of sp³-hybridized carbons (Fsp3) is 0.409. The van der Waals surface area contributed by atoms with Gasteiger partial charge in [0.1, 0.15) is 5.60 Å². The van der Waals surface area contributed by atoms with E-state index in [2.05, 4.69) is 37.2 Å². The number of nitrogens with two attached hydrogens (primary N) is 1. The highest BCUT2D eigenvalue weighted by Crippen LogP contribution is 2.27. The maximum atomic E-state index is 11.6. The van der Waals surface area contributed by atoms with E-state index in [0.29, 0.717) is 5.02 Å². The quantitative estimate of drug-likeness (QED) is 0.360. The lowest BCUT2D eigenvalue weighted by Gasteiger charge is -2.22. The first kappa shape index (κ1) is 32.7. The molecule has 0 aliphatic heterocycles. The standard InChI is InChI=1S/C13H17BrClNO2.C8H9BrClN.CH4.ClH/c1-8(16-12(17)18-13(2,3)4)10-6-5-9(14)7-11(10)15;1-5(11)7-3-2-6(9)4-8(7)10;;/h5-8H,1-4H3,(H,16,17);2-5H,11H2,1H3;1H4;1H/t8-;5-;;/m11../s1. The summed E-state index contributed by atoms with van der Waals surface area (Å²) in [5, 5.41) is 4.07. The zero-order valence-corrected chi connectivity index (χ0v) is 22.9. The van der Waals surface area contributed by atoms with Crippen LogP contribution in [-0.4, -0.2) is 11.7 Å². The third kappa shape index (κ3) is 12.4. The van der Waals surface area contributed by atoms with E-state index in [1.165, 1.54) is 0 Å². The van der Waals surface area contributed by atoms with Crippen LogP contribution in [0.1, 0.15) is 65.3 Å². The lowest BCUT2D eigenvalue weighted by Crippen LogP contribution is -2.34. The summed E-state index contributed by atoms with van der Waals surface area (Å²) in [5.41, 5.74) is 6.99. The second-order valence-electron chi connectivity index (χ2n) is 7.49. The van der Waals surface area contributed by atoms with Crippen molar-refractivity contribution in [3.63, 3.8) is 0 Å². The molecule has 0 unspecified atom stereocenters. The van der Waals surface area contributed by atoms with Gasteiger partial charge in [-0.3, -0.25) is 0 Å². The zero-order valence-electron chi connectivity index (χ0n) is 17.4. The van der Waals surface area contributed by atoms with Gasteiger partial charge in [-0.1, -0.05) is 74.6 Å². The minimum Gasteiger partial charge on any atom is -0.444 e. The van der Waals surface area contributed by atoms with Crippen LogP contribution >= 0.6 is 67.5 Å². The summed E-state index contributed by atoms with van der Waals surface area (Å²) in [7, 11) is 0. The molecule has 0 aliphatic rings. The Morgan fingerprint density at radius 3 is 1.77 bits per heavy atom. The van der Waals surface area contributed by atoms with E-state index in [4.69, 9.17) is 33.7 Å². The second kappa shape index (κ2) is 14.6. The lowest BCUT2D eigenvalue weighted by molar-refractivity contribution is 0.0508. The molecule has 2 atom stereocenters. The van der Waals surface area contributed by atoms with Crippen molar-refractivity contribution in [2.45, 2.75) is 59.7 Å². The molecular weight excluding hydrogens is 590 g/mol. The number of nitrogens with one attached hydrogen (secondary N) is 1. The molecule has 0 saturated carbocycles. The van der Waals surface area contributed by atoms with E-state index in [0.717, 1.165) is 25.1 Å². The Bertz CT molecular complexity index is 844. The first-order valence-electron chi connectivity index (χ1n) is 8.95. The number of hydrogen-bond acceptors (Lipinski definition) is 3. The normalized spacial score (nSPS) is 12.2. The molecule has 176 valence electrons. The first-order valence-corrected chi connectivity index (χ1v) is 11.3. The van der Waals surface area contributed by atoms with Gasteiger partial charge in [0.2, 0.25) is 0 Å². The van der Waals surface area contributed by atoms with E-state index in [9.17, 15) is 4.79 Å². The van der Waals surface area contributed by atoms with Crippen molar-refractivity contribution < 1.29 is 9.53 Å². The molecule has 0 aromatic heterocycles. The molecule has 9 heteroatoms. The fourth-order valence-electron chi connectivity index (χ4n) is 2.29. The van der Waals surface area contributed by atoms with Crippen molar-refractivity contribution in [1.82, 2.24) is 5.32 Å². The van der Waals surface area contributed by atoms with Crippen LogP contribution < -0.4 is 11.1 Å². The van der Waals surface area contributed by atoms with E-state index in [1.807, 2.05) is 65.0 Å². The van der Waals surface area contributed by atoms with Gasteiger partial charge in [0.15, 0.2) is 0 Å². The molecule has 0 heterocycles. The van der Waals surface area contributed by atoms with Crippen molar-refractivity contribution in [2.75, 3.05) is 0 Å². The Labute approximate surface area is 219 Å². The van der Waals surface area contributed by atoms with Crippen molar-refractivity contribution in [3.8, 4) is 0 Å². The highest BCUT2D eigenvalue weighted by molar-refractivity contribution is 9.10. The molecule has 4 nitrogen and oxygen atoms in total. The van der Waals surface area contributed by atoms with Crippen molar-refractivity contribution in [1.29, 1.82) is 0 Å². The van der Waals surface area contributed by atoms with Gasteiger partial charge in [0, 0.05) is 25.0 Å². The van der Waals surface area contributed by atoms with E-state index < -0.39 is 11.7 Å².